The minimum atomic E-state index is -0.499. The quantitative estimate of drug-likeness (QED) is 0.396. The van der Waals surface area contributed by atoms with Gasteiger partial charge in [-0.1, -0.05) is 17.7 Å². The lowest BCUT2D eigenvalue weighted by atomic mass is 10.2. The van der Waals surface area contributed by atoms with Crippen LogP contribution >= 0.6 is 23.4 Å². The van der Waals surface area contributed by atoms with Crippen molar-refractivity contribution >= 4 is 34.7 Å². The van der Waals surface area contributed by atoms with E-state index in [-0.39, 0.29) is 11.4 Å². The predicted molar refractivity (Wildman–Crippen MR) is 78.5 cm³/mol. The Labute approximate surface area is 123 Å². The fourth-order valence-corrected chi connectivity index (χ4v) is 2.93. The van der Waals surface area contributed by atoms with Gasteiger partial charge in [0.25, 0.3) is 5.69 Å². The Balaban J connectivity index is 2.25. The van der Waals surface area contributed by atoms with Gasteiger partial charge in [0.1, 0.15) is 5.82 Å². The van der Waals surface area contributed by atoms with Gasteiger partial charge in [-0.25, -0.2) is 4.39 Å². The third-order valence-electron chi connectivity index (χ3n) is 2.62. The van der Waals surface area contributed by atoms with Crippen molar-refractivity contribution in [2.75, 3.05) is 5.73 Å². The summed E-state index contributed by atoms with van der Waals surface area (Å²) in [5, 5.41) is 11.2. The number of benzene rings is 2. The van der Waals surface area contributed by atoms with Crippen LogP contribution in [0.4, 0.5) is 15.8 Å². The molecule has 0 aliphatic heterocycles. The van der Waals surface area contributed by atoms with Crippen LogP contribution in [0, 0.1) is 15.9 Å². The second-order valence-corrected chi connectivity index (χ2v) is 5.40. The molecule has 0 saturated heterocycles. The van der Waals surface area contributed by atoms with E-state index in [0.29, 0.717) is 21.2 Å². The molecule has 0 unspecified atom stereocenters. The topological polar surface area (TPSA) is 69.2 Å². The number of thioether (sulfide) groups is 1. The Kier molecular flexibility index (Phi) is 4.46. The lowest BCUT2D eigenvalue weighted by Gasteiger charge is -2.06. The van der Waals surface area contributed by atoms with Gasteiger partial charge >= 0.3 is 0 Å². The average molecular weight is 313 g/mol. The van der Waals surface area contributed by atoms with Crippen LogP contribution in [0.2, 0.25) is 5.02 Å². The summed E-state index contributed by atoms with van der Waals surface area (Å²) in [5.74, 6) is -0.249. The fourth-order valence-electron chi connectivity index (χ4n) is 1.65. The maximum absolute atomic E-state index is 13.6. The third kappa shape index (κ3) is 3.20. The molecule has 0 bridgehead atoms. The number of halogens is 2. The summed E-state index contributed by atoms with van der Waals surface area (Å²) in [6.45, 7) is 0. The smallest absolute Gasteiger partial charge is 0.274 e. The zero-order valence-electron chi connectivity index (χ0n) is 10.2. The summed E-state index contributed by atoms with van der Waals surface area (Å²) >= 11 is 7.11. The number of nitrogens with two attached hydrogens (primary N) is 1. The first-order valence-corrected chi connectivity index (χ1v) is 6.95. The van der Waals surface area contributed by atoms with Crippen LogP contribution in [0.1, 0.15) is 5.56 Å². The number of hydrogen-bond donors (Lipinski definition) is 1. The number of anilines is 1. The van der Waals surface area contributed by atoms with Crippen molar-refractivity contribution in [2.24, 2.45) is 0 Å². The van der Waals surface area contributed by atoms with Crippen molar-refractivity contribution in [3.63, 3.8) is 0 Å². The van der Waals surface area contributed by atoms with Crippen LogP contribution in [-0.4, -0.2) is 4.92 Å². The molecule has 0 atom stereocenters. The van der Waals surface area contributed by atoms with Gasteiger partial charge in [-0.2, -0.15) is 0 Å². The van der Waals surface area contributed by atoms with Crippen molar-refractivity contribution in [1.82, 2.24) is 0 Å². The highest BCUT2D eigenvalue weighted by atomic mass is 35.5. The number of nitro benzene ring substituents is 1. The SMILES string of the molecule is Nc1ccc(SCc2c(Cl)cccc2[N+](=O)[O-])c(F)c1. The second-order valence-electron chi connectivity index (χ2n) is 3.97. The van der Waals surface area contributed by atoms with Crippen LogP contribution < -0.4 is 5.73 Å². The fraction of sp³-hybridized carbons (Fsp3) is 0.0769. The van der Waals surface area contributed by atoms with Gasteiger partial charge in [-0.3, -0.25) is 10.1 Å². The highest BCUT2D eigenvalue weighted by molar-refractivity contribution is 7.98. The van der Waals surface area contributed by atoms with E-state index in [9.17, 15) is 14.5 Å². The first-order valence-electron chi connectivity index (χ1n) is 5.58. The monoisotopic (exact) mass is 312 g/mol. The normalized spacial score (nSPS) is 10.5. The van der Waals surface area contributed by atoms with E-state index in [4.69, 9.17) is 17.3 Å². The van der Waals surface area contributed by atoms with Crippen LogP contribution in [0.5, 0.6) is 0 Å². The summed E-state index contributed by atoms with van der Waals surface area (Å²) < 4.78 is 13.6. The highest BCUT2D eigenvalue weighted by Crippen LogP contribution is 2.34. The average Bonchev–Trinajstić information content (AvgIpc) is 2.38. The first kappa shape index (κ1) is 14.6. The van der Waals surface area contributed by atoms with E-state index in [1.165, 1.54) is 24.3 Å². The molecule has 0 fully saturated rings. The molecule has 0 aromatic heterocycles. The minimum Gasteiger partial charge on any atom is -0.399 e. The van der Waals surface area contributed by atoms with Crippen LogP contribution in [-0.2, 0) is 5.75 Å². The van der Waals surface area contributed by atoms with E-state index >= 15 is 0 Å². The van der Waals surface area contributed by atoms with Crippen molar-refractivity contribution in [3.05, 3.63) is 62.9 Å². The molecule has 0 spiro atoms. The van der Waals surface area contributed by atoms with Gasteiger partial charge in [-0.15, -0.1) is 11.8 Å². The summed E-state index contributed by atoms with van der Waals surface area (Å²) in [4.78, 5) is 10.8. The number of rotatable bonds is 4. The second kappa shape index (κ2) is 6.11. The summed E-state index contributed by atoms with van der Waals surface area (Å²) in [7, 11) is 0. The molecule has 0 aliphatic rings. The highest BCUT2D eigenvalue weighted by Gasteiger charge is 2.17. The molecule has 0 radical (unpaired) electrons. The molecular formula is C13H10ClFN2O2S. The predicted octanol–water partition coefficient (Wildman–Crippen LogP) is 4.26. The Bertz CT molecular complexity index is 667. The van der Waals surface area contributed by atoms with E-state index in [0.717, 1.165) is 11.8 Å². The van der Waals surface area contributed by atoms with Crippen LogP contribution in [0.3, 0.4) is 0 Å². The van der Waals surface area contributed by atoms with Gasteiger partial charge in [0, 0.05) is 22.4 Å². The Hall–Kier alpha value is -1.79. The number of nitro groups is 1. The zero-order chi connectivity index (χ0) is 14.7. The Morgan fingerprint density at radius 3 is 2.75 bits per heavy atom. The molecule has 2 N–H and O–H groups in total. The third-order valence-corrected chi connectivity index (χ3v) is 4.05. The molecule has 0 heterocycles. The van der Waals surface area contributed by atoms with Crippen molar-refractivity contribution in [3.8, 4) is 0 Å². The number of hydrogen-bond acceptors (Lipinski definition) is 4. The maximum Gasteiger partial charge on any atom is 0.274 e. The van der Waals surface area contributed by atoms with Crippen molar-refractivity contribution in [1.29, 1.82) is 0 Å². The molecule has 2 aromatic rings. The summed E-state index contributed by atoms with van der Waals surface area (Å²) in [6.07, 6.45) is 0. The lowest BCUT2D eigenvalue weighted by Crippen LogP contribution is -1.95. The van der Waals surface area contributed by atoms with Crippen molar-refractivity contribution in [2.45, 2.75) is 10.6 Å². The van der Waals surface area contributed by atoms with Gasteiger partial charge < -0.3 is 5.73 Å². The largest absolute Gasteiger partial charge is 0.399 e. The first-order chi connectivity index (χ1) is 9.49. The molecule has 7 heteroatoms. The Morgan fingerprint density at radius 1 is 1.35 bits per heavy atom. The standard InChI is InChI=1S/C13H10ClFN2O2S/c14-10-2-1-3-12(17(18)19)9(10)7-20-13-5-4-8(16)6-11(13)15/h1-6H,7,16H2. The van der Waals surface area contributed by atoms with Gasteiger partial charge in [0.15, 0.2) is 0 Å². The van der Waals surface area contributed by atoms with Crippen LogP contribution in [0.25, 0.3) is 0 Å². The van der Waals surface area contributed by atoms with Crippen molar-refractivity contribution < 1.29 is 9.31 Å². The molecule has 0 amide bonds. The molecule has 4 nitrogen and oxygen atoms in total. The molecule has 0 aliphatic carbocycles. The van der Waals surface area contributed by atoms with E-state index < -0.39 is 10.7 Å². The van der Waals surface area contributed by atoms with E-state index in [1.54, 1.807) is 12.1 Å². The molecule has 20 heavy (non-hydrogen) atoms. The molecule has 104 valence electrons. The van der Waals surface area contributed by atoms with Crippen LogP contribution in [0.15, 0.2) is 41.3 Å². The molecule has 2 aromatic carbocycles. The number of nitrogen functional groups attached to an aromatic ring is 1. The van der Waals surface area contributed by atoms with E-state index in [1.807, 2.05) is 0 Å². The Morgan fingerprint density at radius 2 is 2.10 bits per heavy atom. The molecule has 2 rings (SSSR count). The van der Waals surface area contributed by atoms with E-state index in [2.05, 4.69) is 0 Å². The number of nitrogens with zero attached hydrogens (tertiary/aromatic N) is 1. The van der Waals surface area contributed by atoms with Gasteiger partial charge in [0.05, 0.1) is 15.5 Å². The summed E-state index contributed by atoms with van der Waals surface area (Å²) in [5.41, 5.74) is 6.10. The molecular weight excluding hydrogens is 303 g/mol. The maximum atomic E-state index is 13.6. The van der Waals surface area contributed by atoms with Gasteiger partial charge in [0.2, 0.25) is 0 Å². The van der Waals surface area contributed by atoms with Gasteiger partial charge in [-0.05, 0) is 24.3 Å². The zero-order valence-corrected chi connectivity index (χ0v) is 11.7. The minimum absolute atomic E-state index is 0.0687. The summed E-state index contributed by atoms with van der Waals surface area (Å²) in [6, 6.07) is 8.79. The molecule has 0 saturated carbocycles. The lowest BCUT2D eigenvalue weighted by molar-refractivity contribution is -0.385.